The molecular weight excluding hydrogens is 256 g/mol. The van der Waals surface area contributed by atoms with Gasteiger partial charge in [0.1, 0.15) is 11.6 Å². The van der Waals surface area contributed by atoms with Crippen LogP contribution in [0.2, 0.25) is 0 Å². The number of benzene rings is 1. The van der Waals surface area contributed by atoms with Gasteiger partial charge in [0.05, 0.1) is 12.8 Å². The number of hydrogen-bond donors (Lipinski definition) is 1. The fourth-order valence-corrected chi connectivity index (χ4v) is 2.33. The molecule has 0 spiro atoms. The second-order valence-electron chi connectivity index (χ2n) is 4.61. The number of fused-ring (bicyclic) bond motifs is 1. The molecule has 2 heterocycles. The number of carbonyl (C=O) groups excluding carboxylic acids is 2. The molecule has 3 rings (SSSR count). The zero-order valence-corrected chi connectivity index (χ0v) is 11.1. The van der Waals surface area contributed by atoms with Crippen LogP contribution in [0.25, 0.3) is 0 Å². The lowest BCUT2D eigenvalue weighted by atomic mass is 10.2. The van der Waals surface area contributed by atoms with Gasteiger partial charge in [-0.05, 0) is 36.4 Å². The molecular formula is C15H14N2O3. The molecule has 0 atom stereocenters. The van der Waals surface area contributed by atoms with Gasteiger partial charge in [0.25, 0.3) is 5.91 Å². The third-order valence-corrected chi connectivity index (χ3v) is 3.42. The minimum Gasteiger partial charge on any atom is -0.497 e. The maximum absolute atomic E-state index is 12.1. The summed E-state index contributed by atoms with van der Waals surface area (Å²) < 4.78 is 6.89. The second-order valence-corrected chi connectivity index (χ2v) is 4.61. The Morgan fingerprint density at radius 3 is 2.65 bits per heavy atom. The Labute approximate surface area is 116 Å². The highest BCUT2D eigenvalue weighted by molar-refractivity contribution is 6.05. The number of carbonyl (C=O) groups is 2. The Morgan fingerprint density at radius 2 is 1.95 bits per heavy atom. The molecule has 0 fully saturated rings. The quantitative estimate of drug-likeness (QED) is 0.931. The van der Waals surface area contributed by atoms with Crippen molar-refractivity contribution >= 4 is 17.5 Å². The predicted molar refractivity (Wildman–Crippen MR) is 74.3 cm³/mol. The normalized spacial score (nSPS) is 13.2. The van der Waals surface area contributed by atoms with Gasteiger partial charge >= 0.3 is 0 Å². The largest absolute Gasteiger partial charge is 0.497 e. The second kappa shape index (κ2) is 4.85. The molecule has 102 valence electrons. The van der Waals surface area contributed by atoms with Crippen LogP contribution in [-0.4, -0.2) is 23.4 Å². The number of nitrogens with one attached hydrogen (secondary N) is 1. The van der Waals surface area contributed by atoms with Gasteiger partial charge in [0.2, 0.25) is 0 Å². The summed E-state index contributed by atoms with van der Waals surface area (Å²) in [6.45, 7) is 0.624. The zero-order valence-electron chi connectivity index (χ0n) is 11.1. The van der Waals surface area contributed by atoms with Gasteiger partial charge in [0, 0.05) is 18.5 Å². The van der Waals surface area contributed by atoms with E-state index >= 15 is 0 Å². The van der Waals surface area contributed by atoms with Crippen LogP contribution in [0, 0.1) is 0 Å². The number of amides is 1. The molecule has 1 amide bonds. The fourth-order valence-electron chi connectivity index (χ4n) is 2.33. The Bertz CT molecular complexity index is 671. The first-order chi connectivity index (χ1) is 9.69. The summed E-state index contributed by atoms with van der Waals surface area (Å²) >= 11 is 0. The maximum Gasteiger partial charge on any atom is 0.256 e. The SMILES string of the molecule is COc1ccc(C(=O)Nc2ccc3n2CCC3=O)cc1. The van der Waals surface area contributed by atoms with Crippen LogP contribution in [0.15, 0.2) is 36.4 Å². The van der Waals surface area contributed by atoms with E-state index in [1.165, 1.54) is 0 Å². The van der Waals surface area contributed by atoms with Crippen molar-refractivity contribution in [1.82, 2.24) is 4.57 Å². The van der Waals surface area contributed by atoms with Gasteiger partial charge in [-0.1, -0.05) is 0 Å². The molecule has 0 saturated heterocycles. The average Bonchev–Trinajstić information content (AvgIpc) is 3.03. The molecule has 1 aromatic heterocycles. The Hall–Kier alpha value is -2.56. The highest BCUT2D eigenvalue weighted by Gasteiger charge is 2.22. The van der Waals surface area contributed by atoms with E-state index in [2.05, 4.69) is 5.32 Å². The van der Waals surface area contributed by atoms with Crippen molar-refractivity contribution in [2.75, 3.05) is 12.4 Å². The molecule has 5 heteroatoms. The first-order valence-corrected chi connectivity index (χ1v) is 6.37. The Balaban J connectivity index is 1.79. The van der Waals surface area contributed by atoms with Crippen molar-refractivity contribution in [2.45, 2.75) is 13.0 Å². The lowest BCUT2D eigenvalue weighted by Gasteiger charge is -2.08. The van der Waals surface area contributed by atoms with Crippen molar-refractivity contribution in [3.05, 3.63) is 47.7 Å². The van der Waals surface area contributed by atoms with Crippen LogP contribution in [-0.2, 0) is 6.54 Å². The van der Waals surface area contributed by atoms with Crippen LogP contribution < -0.4 is 10.1 Å². The van der Waals surface area contributed by atoms with Crippen molar-refractivity contribution in [3.63, 3.8) is 0 Å². The summed E-state index contributed by atoms with van der Waals surface area (Å²) in [7, 11) is 1.58. The standard InChI is InChI=1S/C15H14N2O3/c1-20-11-4-2-10(3-5-11)15(19)16-14-7-6-12-13(18)8-9-17(12)14/h2-7H,8-9H2,1H3,(H,16,19). The number of methoxy groups -OCH3 is 1. The van der Waals surface area contributed by atoms with E-state index in [0.29, 0.717) is 35.8 Å². The molecule has 0 unspecified atom stereocenters. The molecule has 1 aliphatic heterocycles. The molecule has 2 aromatic rings. The van der Waals surface area contributed by atoms with E-state index in [9.17, 15) is 9.59 Å². The van der Waals surface area contributed by atoms with Crippen LogP contribution in [0.4, 0.5) is 5.82 Å². The van der Waals surface area contributed by atoms with Gasteiger partial charge in [0.15, 0.2) is 5.78 Å². The van der Waals surface area contributed by atoms with Crippen LogP contribution >= 0.6 is 0 Å². The number of aromatic nitrogens is 1. The van der Waals surface area contributed by atoms with Gasteiger partial charge in [-0.2, -0.15) is 0 Å². The van der Waals surface area contributed by atoms with Gasteiger partial charge < -0.3 is 14.6 Å². The number of ether oxygens (including phenoxy) is 1. The van der Waals surface area contributed by atoms with Gasteiger partial charge in [-0.25, -0.2) is 0 Å². The minimum atomic E-state index is -0.201. The van der Waals surface area contributed by atoms with E-state index in [0.717, 1.165) is 0 Å². The van der Waals surface area contributed by atoms with Gasteiger partial charge in [-0.15, -0.1) is 0 Å². The van der Waals surface area contributed by atoms with Gasteiger partial charge in [-0.3, -0.25) is 9.59 Å². The molecule has 5 nitrogen and oxygen atoms in total. The van der Waals surface area contributed by atoms with E-state index in [4.69, 9.17) is 4.74 Å². The molecule has 1 aromatic carbocycles. The number of ketones is 1. The third kappa shape index (κ3) is 2.07. The fraction of sp³-hybridized carbons (Fsp3) is 0.200. The minimum absolute atomic E-state index is 0.120. The number of anilines is 1. The molecule has 0 aliphatic carbocycles. The van der Waals surface area contributed by atoms with E-state index < -0.39 is 0 Å². The molecule has 0 radical (unpaired) electrons. The summed E-state index contributed by atoms with van der Waals surface area (Å²) in [5, 5.41) is 2.83. The van der Waals surface area contributed by atoms with Crippen molar-refractivity contribution in [3.8, 4) is 5.75 Å². The lowest BCUT2D eigenvalue weighted by molar-refractivity contribution is 0.0992. The maximum atomic E-state index is 12.1. The molecule has 0 saturated carbocycles. The molecule has 20 heavy (non-hydrogen) atoms. The van der Waals surface area contributed by atoms with E-state index in [-0.39, 0.29) is 11.7 Å². The summed E-state index contributed by atoms with van der Waals surface area (Å²) in [5.74, 6) is 1.28. The van der Waals surface area contributed by atoms with E-state index in [1.807, 2.05) is 4.57 Å². The molecule has 1 N–H and O–H groups in total. The number of Topliss-reactive ketones (excluding diaryl/α,β-unsaturated/α-hetero) is 1. The topological polar surface area (TPSA) is 60.3 Å². The average molecular weight is 270 g/mol. The smallest absolute Gasteiger partial charge is 0.256 e. The van der Waals surface area contributed by atoms with E-state index in [1.54, 1.807) is 43.5 Å². The number of hydrogen-bond acceptors (Lipinski definition) is 3. The Kier molecular flexibility index (Phi) is 3.02. The molecule has 1 aliphatic rings. The van der Waals surface area contributed by atoms with Crippen molar-refractivity contribution in [2.24, 2.45) is 0 Å². The highest BCUT2D eigenvalue weighted by Crippen LogP contribution is 2.23. The van der Waals surface area contributed by atoms with Crippen molar-refractivity contribution < 1.29 is 14.3 Å². The zero-order chi connectivity index (χ0) is 14.1. The molecule has 0 bridgehead atoms. The van der Waals surface area contributed by atoms with Crippen LogP contribution in [0.1, 0.15) is 27.3 Å². The summed E-state index contributed by atoms with van der Waals surface area (Å²) in [4.78, 5) is 23.7. The number of rotatable bonds is 3. The van der Waals surface area contributed by atoms with Crippen LogP contribution in [0.3, 0.4) is 0 Å². The first-order valence-electron chi connectivity index (χ1n) is 6.37. The van der Waals surface area contributed by atoms with Crippen LogP contribution in [0.5, 0.6) is 5.75 Å². The lowest BCUT2D eigenvalue weighted by Crippen LogP contribution is -2.14. The predicted octanol–water partition coefficient (Wildman–Crippen LogP) is 2.34. The third-order valence-electron chi connectivity index (χ3n) is 3.42. The summed E-state index contributed by atoms with van der Waals surface area (Å²) in [5.41, 5.74) is 1.21. The first kappa shape index (κ1) is 12.5. The monoisotopic (exact) mass is 270 g/mol. The van der Waals surface area contributed by atoms with Crippen molar-refractivity contribution in [1.29, 1.82) is 0 Å². The number of nitrogens with zero attached hydrogens (tertiary/aromatic N) is 1. The highest BCUT2D eigenvalue weighted by atomic mass is 16.5. The Morgan fingerprint density at radius 1 is 1.20 bits per heavy atom. The summed E-state index contributed by atoms with van der Waals surface area (Å²) in [6.07, 6.45) is 0.502. The summed E-state index contributed by atoms with van der Waals surface area (Å²) in [6, 6.07) is 10.4.